The number of halogens is 2. The predicted octanol–water partition coefficient (Wildman–Crippen LogP) is 4.13. The van der Waals surface area contributed by atoms with Gasteiger partial charge in [-0.2, -0.15) is 0 Å². The van der Waals surface area contributed by atoms with Crippen LogP contribution in [0.1, 0.15) is 33.3 Å². The van der Waals surface area contributed by atoms with Crippen LogP contribution in [0.2, 0.25) is 0 Å². The van der Waals surface area contributed by atoms with Gasteiger partial charge in [-0.25, -0.2) is 13.2 Å². The van der Waals surface area contributed by atoms with Gasteiger partial charge in [-0.1, -0.05) is 0 Å². The number of nitrogens with zero attached hydrogens (tertiary/aromatic N) is 2. The summed E-state index contributed by atoms with van der Waals surface area (Å²) in [5.74, 6) is -2.37. The van der Waals surface area contributed by atoms with Crippen LogP contribution in [0.25, 0.3) is 0 Å². The topological polar surface area (TPSA) is 55.5 Å². The molecule has 0 saturated heterocycles. The van der Waals surface area contributed by atoms with Crippen LogP contribution in [-0.2, 0) is 0 Å². The lowest BCUT2D eigenvalue weighted by atomic mass is 10.1. The first-order valence-electron chi connectivity index (χ1n) is 5.48. The molecule has 0 aliphatic carbocycles. The maximum atomic E-state index is 13.6. The maximum absolute atomic E-state index is 13.6. The van der Waals surface area contributed by atoms with E-state index >= 15 is 0 Å². The van der Waals surface area contributed by atoms with Crippen LogP contribution in [0, 0.1) is 21.7 Å². The first-order chi connectivity index (χ1) is 8.61. The van der Waals surface area contributed by atoms with E-state index in [1.807, 2.05) is 20.8 Å². The van der Waals surface area contributed by atoms with Gasteiger partial charge in [0.05, 0.1) is 16.7 Å². The van der Waals surface area contributed by atoms with E-state index in [4.69, 9.17) is 0 Å². The fourth-order valence-electron chi connectivity index (χ4n) is 1.20. The van der Waals surface area contributed by atoms with Gasteiger partial charge in [0.25, 0.3) is 5.69 Å². The van der Waals surface area contributed by atoms with E-state index in [1.54, 1.807) is 0 Å². The zero-order valence-electron chi connectivity index (χ0n) is 11.0. The van der Waals surface area contributed by atoms with Crippen molar-refractivity contribution in [2.45, 2.75) is 32.4 Å². The number of nitro benzene ring substituents is 1. The third-order valence-corrected chi connectivity index (χ3v) is 2.98. The summed E-state index contributed by atoms with van der Waals surface area (Å²) in [6.07, 6.45) is 0. The van der Waals surface area contributed by atoms with Crippen LogP contribution in [0.4, 0.5) is 14.5 Å². The van der Waals surface area contributed by atoms with Crippen LogP contribution in [-0.4, -0.2) is 15.4 Å². The largest absolute Gasteiger partial charge is 0.273 e. The Morgan fingerprint density at radius 3 is 2.42 bits per heavy atom. The Morgan fingerprint density at radius 2 is 1.95 bits per heavy atom. The molecule has 0 aromatic heterocycles. The highest BCUT2D eigenvalue weighted by atomic mass is 32.2. The Bertz CT molecular complexity index is 539. The predicted molar refractivity (Wildman–Crippen MR) is 72.6 cm³/mol. The molecule has 0 heterocycles. The monoisotopic (exact) mass is 288 g/mol. The highest BCUT2D eigenvalue weighted by Crippen LogP contribution is 2.27. The maximum Gasteiger partial charge on any atom is 0.273 e. The number of rotatable bonds is 3. The van der Waals surface area contributed by atoms with E-state index in [2.05, 4.69) is 4.40 Å². The summed E-state index contributed by atoms with van der Waals surface area (Å²) in [7, 11) is 0. The summed E-state index contributed by atoms with van der Waals surface area (Å²) in [6, 6.07) is 1.55. The number of non-ortho nitro benzene ring substituents is 1. The summed E-state index contributed by atoms with van der Waals surface area (Å²) >= 11 is 1.19. The fraction of sp³-hybridized carbons (Fsp3) is 0.417. The van der Waals surface area contributed by atoms with Crippen molar-refractivity contribution in [3.8, 4) is 0 Å². The first kappa shape index (κ1) is 15.6. The van der Waals surface area contributed by atoms with Gasteiger partial charge in [0.2, 0.25) is 0 Å². The summed E-state index contributed by atoms with van der Waals surface area (Å²) in [5, 5.41) is 10.6. The Balaban J connectivity index is 3.22. The van der Waals surface area contributed by atoms with Gasteiger partial charge in [-0.15, -0.1) is 0 Å². The summed E-state index contributed by atoms with van der Waals surface area (Å²) in [4.78, 5) is 9.86. The van der Waals surface area contributed by atoms with Crippen molar-refractivity contribution in [1.82, 2.24) is 0 Å². The standard InChI is InChI=1S/C12H14F2N2O2S/c1-7(15-19-12(2,3)4)9-5-8(16(17)18)6-10(13)11(9)14/h5-6H,1-4H3. The van der Waals surface area contributed by atoms with Gasteiger partial charge in [-0.05, 0) is 39.6 Å². The van der Waals surface area contributed by atoms with Gasteiger partial charge in [-0.3, -0.25) is 10.1 Å². The molecule has 0 unspecified atom stereocenters. The van der Waals surface area contributed by atoms with Gasteiger partial charge >= 0.3 is 0 Å². The Labute approximate surface area is 114 Å². The lowest BCUT2D eigenvalue weighted by molar-refractivity contribution is -0.385. The molecule has 1 rings (SSSR count). The Kier molecular flexibility index (Phi) is 4.62. The molecule has 4 nitrogen and oxygen atoms in total. The van der Waals surface area contributed by atoms with E-state index in [9.17, 15) is 18.9 Å². The molecule has 7 heteroatoms. The van der Waals surface area contributed by atoms with E-state index < -0.39 is 22.2 Å². The van der Waals surface area contributed by atoms with Gasteiger partial charge < -0.3 is 0 Å². The van der Waals surface area contributed by atoms with Gasteiger partial charge in [0.1, 0.15) is 0 Å². The number of hydrogen-bond acceptors (Lipinski definition) is 4. The molecule has 0 fully saturated rings. The molecule has 1 aromatic rings. The molecule has 0 bridgehead atoms. The van der Waals surface area contributed by atoms with E-state index in [1.165, 1.54) is 18.9 Å². The molecule has 0 spiro atoms. The molecule has 0 radical (unpaired) electrons. The minimum absolute atomic E-state index is 0.184. The highest BCUT2D eigenvalue weighted by molar-refractivity contribution is 7.99. The minimum Gasteiger partial charge on any atom is -0.258 e. The smallest absolute Gasteiger partial charge is 0.258 e. The van der Waals surface area contributed by atoms with Crippen molar-refractivity contribution < 1.29 is 13.7 Å². The van der Waals surface area contributed by atoms with Crippen LogP contribution in [0.3, 0.4) is 0 Å². The van der Waals surface area contributed by atoms with E-state index in [-0.39, 0.29) is 16.0 Å². The van der Waals surface area contributed by atoms with Crippen LogP contribution >= 0.6 is 11.9 Å². The van der Waals surface area contributed by atoms with Crippen molar-refractivity contribution in [2.75, 3.05) is 0 Å². The number of hydrogen-bond donors (Lipinski definition) is 0. The normalized spacial score (nSPS) is 12.6. The zero-order valence-corrected chi connectivity index (χ0v) is 11.8. The second-order valence-corrected chi connectivity index (χ2v) is 6.52. The molecule has 0 aliphatic heterocycles. The fourth-order valence-corrected chi connectivity index (χ4v) is 1.71. The van der Waals surface area contributed by atoms with Gasteiger partial charge in [0, 0.05) is 16.4 Å². The molecule has 19 heavy (non-hydrogen) atoms. The molecule has 0 N–H and O–H groups in total. The van der Waals surface area contributed by atoms with Crippen molar-refractivity contribution in [3.05, 3.63) is 39.4 Å². The average molecular weight is 288 g/mol. The average Bonchev–Trinajstić information content (AvgIpc) is 2.28. The highest BCUT2D eigenvalue weighted by Gasteiger charge is 2.19. The zero-order chi connectivity index (χ0) is 14.8. The Hall–Kier alpha value is -1.50. The summed E-state index contributed by atoms with van der Waals surface area (Å²) < 4.78 is 30.8. The number of benzene rings is 1. The number of nitro groups is 1. The Morgan fingerprint density at radius 1 is 1.37 bits per heavy atom. The molecule has 1 aromatic carbocycles. The quantitative estimate of drug-likeness (QED) is 0.364. The molecule has 104 valence electrons. The second-order valence-electron chi connectivity index (χ2n) is 4.93. The van der Waals surface area contributed by atoms with Crippen molar-refractivity contribution in [2.24, 2.45) is 4.40 Å². The van der Waals surface area contributed by atoms with Crippen molar-refractivity contribution in [3.63, 3.8) is 0 Å². The lowest BCUT2D eigenvalue weighted by Crippen LogP contribution is -2.08. The summed E-state index contributed by atoms with van der Waals surface area (Å²) in [6.45, 7) is 7.23. The molecule has 0 aliphatic rings. The van der Waals surface area contributed by atoms with E-state index in [0.717, 1.165) is 6.07 Å². The van der Waals surface area contributed by atoms with Crippen molar-refractivity contribution in [1.29, 1.82) is 0 Å². The molecular weight excluding hydrogens is 274 g/mol. The molecule has 0 saturated carbocycles. The van der Waals surface area contributed by atoms with Crippen molar-refractivity contribution >= 4 is 23.3 Å². The third-order valence-electron chi connectivity index (χ3n) is 2.07. The second kappa shape index (κ2) is 5.64. The SMILES string of the molecule is CC(=NSC(C)(C)C)c1cc([N+](=O)[O-])cc(F)c1F. The molecule has 0 atom stereocenters. The summed E-state index contributed by atoms with van der Waals surface area (Å²) in [5.41, 5.74) is -0.479. The molecular formula is C12H14F2N2O2S. The first-order valence-corrected chi connectivity index (χ1v) is 6.26. The van der Waals surface area contributed by atoms with Crippen LogP contribution in [0.15, 0.2) is 16.5 Å². The lowest BCUT2D eigenvalue weighted by Gasteiger charge is -2.13. The van der Waals surface area contributed by atoms with E-state index in [0.29, 0.717) is 6.07 Å². The van der Waals surface area contributed by atoms with Crippen LogP contribution < -0.4 is 0 Å². The minimum atomic E-state index is -1.25. The van der Waals surface area contributed by atoms with Gasteiger partial charge in [0.15, 0.2) is 11.6 Å². The molecule has 0 amide bonds. The van der Waals surface area contributed by atoms with Crippen LogP contribution in [0.5, 0.6) is 0 Å². The third kappa shape index (κ3) is 4.27.